The van der Waals surface area contributed by atoms with Gasteiger partial charge in [0.15, 0.2) is 0 Å². The highest BCUT2D eigenvalue weighted by Gasteiger charge is 2.08. The van der Waals surface area contributed by atoms with E-state index in [4.69, 9.17) is 0 Å². The fourth-order valence-corrected chi connectivity index (χ4v) is 1.22. The van der Waals surface area contributed by atoms with Gasteiger partial charge < -0.3 is 0 Å². The van der Waals surface area contributed by atoms with Gasteiger partial charge in [0.05, 0.1) is 0 Å². The van der Waals surface area contributed by atoms with E-state index in [0.29, 0.717) is 0 Å². The highest BCUT2D eigenvalue weighted by atomic mass is 28.3. The van der Waals surface area contributed by atoms with Gasteiger partial charge >= 0.3 is 0 Å². The molecule has 0 aromatic rings. The molecule has 0 N–H and O–H groups in total. The molecule has 0 amide bonds. The van der Waals surface area contributed by atoms with Crippen LogP contribution < -0.4 is 0 Å². The molecule has 0 aliphatic rings. The summed E-state index contributed by atoms with van der Waals surface area (Å²) >= 11 is 0. The Morgan fingerprint density at radius 3 is 2.00 bits per heavy atom. The summed E-state index contributed by atoms with van der Waals surface area (Å²) in [6.07, 6.45) is 5.24. The second-order valence-corrected chi connectivity index (χ2v) is 8.71. The van der Waals surface area contributed by atoms with Crippen molar-refractivity contribution < 1.29 is 0 Å². The summed E-state index contributed by atoms with van der Waals surface area (Å²) in [5.74, 6) is 0. The molecule has 0 saturated heterocycles. The zero-order chi connectivity index (χ0) is 6.62. The van der Waals surface area contributed by atoms with E-state index in [1.165, 1.54) is 6.04 Å². The first kappa shape index (κ1) is 7.96. The Labute approximate surface area is 53.6 Å². The molecule has 0 heterocycles. The molecule has 0 atom stereocenters. The van der Waals surface area contributed by atoms with E-state index < -0.39 is 8.07 Å². The lowest BCUT2D eigenvalue weighted by Crippen LogP contribution is -2.17. The van der Waals surface area contributed by atoms with E-state index >= 15 is 0 Å². The molecular weight excluding hydrogens is 112 g/mol. The first-order valence-electron chi connectivity index (χ1n) is 3.07. The van der Waals surface area contributed by atoms with E-state index in [1.807, 2.05) is 13.0 Å². The minimum atomic E-state index is -0.821. The average molecular weight is 127 g/mol. The van der Waals surface area contributed by atoms with Crippen LogP contribution in [0.4, 0.5) is 0 Å². The number of hydrogen-bond acceptors (Lipinski definition) is 0. The summed E-state index contributed by atoms with van der Waals surface area (Å²) in [7, 11) is -0.821. The largest absolute Gasteiger partial charge is 0.0845 e. The molecule has 0 aromatic heterocycles. The van der Waals surface area contributed by atoms with Crippen molar-refractivity contribution in [3.8, 4) is 0 Å². The highest BCUT2D eigenvalue weighted by Crippen LogP contribution is 2.06. The average Bonchev–Trinajstić information content (AvgIpc) is 1.59. The topological polar surface area (TPSA) is 0 Å². The number of rotatable bonds is 2. The Bertz CT molecular complexity index is 76.9. The molecule has 1 radical (unpaired) electrons. The van der Waals surface area contributed by atoms with Crippen LogP contribution in [0.1, 0.15) is 6.92 Å². The lowest BCUT2D eigenvalue weighted by atomic mass is 10.6. The molecule has 47 valence electrons. The predicted molar refractivity (Wildman–Crippen MR) is 41.6 cm³/mol. The zero-order valence-electron chi connectivity index (χ0n) is 6.28. The summed E-state index contributed by atoms with van der Waals surface area (Å²) in [6.45, 7) is 9.08. The van der Waals surface area contributed by atoms with Crippen LogP contribution in [-0.4, -0.2) is 8.07 Å². The SMILES string of the molecule is C/C=[C]/C[Si](C)(C)C. The number of hydrogen-bond donors (Lipinski definition) is 0. The van der Waals surface area contributed by atoms with Gasteiger partial charge in [-0.2, -0.15) is 0 Å². The Morgan fingerprint density at radius 2 is 1.88 bits per heavy atom. The van der Waals surface area contributed by atoms with Crippen LogP contribution >= 0.6 is 0 Å². The van der Waals surface area contributed by atoms with E-state index in [0.717, 1.165) is 0 Å². The molecule has 0 fully saturated rings. The Balaban J connectivity index is 3.39. The van der Waals surface area contributed by atoms with Gasteiger partial charge in [0.1, 0.15) is 0 Å². The minimum absolute atomic E-state index is 0.821. The number of allylic oxidation sites excluding steroid dienone is 2. The molecule has 0 spiro atoms. The van der Waals surface area contributed by atoms with Gasteiger partial charge in [0, 0.05) is 8.07 Å². The van der Waals surface area contributed by atoms with Crippen molar-refractivity contribution in [3.05, 3.63) is 12.2 Å². The fourth-order valence-electron chi connectivity index (χ4n) is 0.408. The van der Waals surface area contributed by atoms with Crippen LogP contribution in [0.2, 0.25) is 25.7 Å². The monoisotopic (exact) mass is 127 g/mol. The summed E-state index contributed by atoms with van der Waals surface area (Å²) in [5.41, 5.74) is 0. The Hall–Kier alpha value is -0.0431. The second kappa shape index (κ2) is 3.08. The first-order valence-corrected chi connectivity index (χ1v) is 6.78. The third-order valence-corrected chi connectivity index (χ3v) is 2.10. The maximum absolute atomic E-state index is 3.22. The van der Waals surface area contributed by atoms with Crippen molar-refractivity contribution in [1.82, 2.24) is 0 Å². The lowest BCUT2D eigenvalue weighted by molar-refractivity contribution is 1.44. The normalized spacial score (nSPS) is 13.0. The Morgan fingerprint density at radius 1 is 1.38 bits per heavy atom. The molecule has 8 heavy (non-hydrogen) atoms. The second-order valence-electron chi connectivity index (χ2n) is 3.23. The van der Waals surface area contributed by atoms with Crippen LogP contribution in [0.3, 0.4) is 0 Å². The van der Waals surface area contributed by atoms with Gasteiger partial charge in [-0.1, -0.05) is 31.8 Å². The van der Waals surface area contributed by atoms with Gasteiger partial charge in [-0.3, -0.25) is 0 Å². The van der Waals surface area contributed by atoms with E-state index in [-0.39, 0.29) is 0 Å². The molecule has 0 saturated carbocycles. The van der Waals surface area contributed by atoms with Gasteiger partial charge in [0.25, 0.3) is 0 Å². The smallest absolute Gasteiger partial charge is 0.0487 e. The van der Waals surface area contributed by atoms with Crippen molar-refractivity contribution in [1.29, 1.82) is 0 Å². The zero-order valence-corrected chi connectivity index (χ0v) is 7.28. The van der Waals surface area contributed by atoms with Crippen LogP contribution in [-0.2, 0) is 0 Å². The molecule has 0 aromatic carbocycles. The van der Waals surface area contributed by atoms with Crippen molar-refractivity contribution in [2.45, 2.75) is 32.6 Å². The molecule has 0 aliphatic carbocycles. The molecule has 0 unspecified atom stereocenters. The molecular formula is C7H15Si. The Kier molecular flexibility index (Phi) is 3.06. The third-order valence-electron chi connectivity index (χ3n) is 0.837. The summed E-state index contributed by atoms with van der Waals surface area (Å²) in [4.78, 5) is 0. The van der Waals surface area contributed by atoms with Gasteiger partial charge in [-0.25, -0.2) is 0 Å². The molecule has 0 bridgehead atoms. The van der Waals surface area contributed by atoms with Crippen LogP contribution in [0.25, 0.3) is 0 Å². The highest BCUT2D eigenvalue weighted by molar-refractivity contribution is 6.76. The van der Waals surface area contributed by atoms with Crippen molar-refractivity contribution in [3.63, 3.8) is 0 Å². The summed E-state index contributed by atoms with van der Waals surface area (Å²) in [5, 5.41) is 0. The van der Waals surface area contributed by atoms with Gasteiger partial charge in [-0.05, 0) is 13.0 Å². The summed E-state index contributed by atoms with van der Waals surface area (Å²) in [6, 6.07) is 1.20. The van der Waals surface area contributed by atoms with Crippen LogP contribution in [0.15, 0.2) is 6.08 Å². The first-order chi connectivity index (χ1) is 3.56. The van der Waals surface area contributed by atoms with E-state index in [2.05, 4.69) is 25.7 Å². The molecule has 0 nitrogen and oxygen atoms in total. The maximum Gasteiger partial charge on any atom is 0.0487 e. The maximum atomic E-state index is 3.22. The van der Waals surface area contributed by atoms with E-state index in [1.54, 1.807) is 0 Å². The van der Waals surface area contributed by atoms with Crippen LogP contribution in [0, 0.1) is 6.08 Å². The van der Waals surface area contributed by atoms with Gasteiger partial charge in [0.2, 0.25) is 0 Å². The van der Waals surface area contributed by atoms with Crippen molar-refractivity contribution in [2.75, 3.05) is 0 Å². The molecule has 1 heteroatoms. The quantitative estimate of drug-likeness (QED) is 0.500. The van der Waals surface area contributed by atoms with Gasteiger partial charge in [-0.15, -0.1) is 0 Å². The van der Waals surface area contributed by atoms with Crippen molar-refractivity contribution in [2.24, 2.45) is 0 Å². The van der Waals surface area contributed by atoms with E-state index in [9.17, 15) is 0 Å². The lowest BCUT2D eigenvalue weighted by Gasteiger charge is -2.10. The summed E-state index contributed by atoms with van der Waals surface area (Å²) < 4.78 is 0. The predicted octanol–water partition coefficient (Wildman–Crippen LogP) is 2.70. The molecule has 0 rings (SSSR count). The van der Waals surface area contributed by atoms with Crippen LogP contribution in [0.5, 0.6) is 0 Å². The third kappa shape index (κ3) is 5.96. The standard InChI is InChI=1S/C7H15Si/c1-5-6-7-8(2,3)4/h5H,7H2,1-4H3. The van der Waals surface area contributed by atoms with Crippen molar-refractivity contribution >= 4 is 8.07 Å². The minimum Gasteiger partial charge on any atom is -0.0845 e. The fraction of sp³-hybridized carbons (Fsp3) is 0.714. The molecule has 0 aliphatic heterocycles.